The summed E-state index contributed by atoms with van der Waals surface area (Å²) in [5, 5.41) is 15.4. The Morgan fingerprint density at radius 1 is 1.28 bits per heavy atom. The van der Waals surface area contributed by atoms with Crippen LogP contribution in [0.15, 0.2) is 22.4 Å². The molecule has 2 aromatic rings. The molecule has 0 saturated heterocycles. The molecule has 0 atom stereocenters. The molecule has 1 aromatic carbocycles. The molecule has 1 aromatic heterocycles. The van der Waals surface area contributed by atoms with Gasteiger partial charge >= 0.3 is 12.1 Å². The number of azo groups is 1. The minimum Gasteiger partial charge on any atom is -0.460 e. The number of carbonyl (C=O) groups is 1. The maximum atomic E-state index is 12.8. The Morgan fingerprint density at radius 3 is 2.69 bits per heavy atom. The maximum Gasteiger partial charge on any atom is 0.404 e. The quantitative estimate of drug-likeness (QED) is 0.240. The lowest BCUT2D eigenvalue weighted by Gasteiger charge is -2.35. The molecule has 15 heteroatoms. The summed E-state index contributed by atoms with van der Waals surface area (Å²) in [5.41, 5.74) is 1.46. The second kappa shape index (κ2) is 11.5. The van der Waals surface area contributed by atoms with Gasteiger partial charge in [-0.05, 0) is 50.8 Å². The molecule has 1 aliphatic heterocycles. The van der Waals surface area contributed by atoms with Gasteiger partial charge in [0.1, 0.15) is 5.69 Å². The monoisotopic (exact) mass is 548 g/mol. The molecule has 36 heavy (non-hydrogen) atoms. The van der Waals surface area contributed by atoms with Crippen LogP contribution in [0.1, 0.15) is 55.4 Å². The molecular weight excluding hydrogens is 521 g/mol. The van der Waals surface area contributed by atoms with E-state index in [1.807, 2.05) is 30.4 Å². The van der Waals surface area contributed by atoms with Crippen LogP contribution in [0.4, 0.5) is 35.4 Å². The van der Waals surface area contributed by atoms with Crippen molar-refractivity contribution in [2.75, 3.05) is 28.5 Å². The van der Waals surface area contributed by atoms with Gasteiger partial charge in [0.2, 0.25) is 15.0 Å². The topological polar surface area (TPSA) is 126 Å². The highest BCUT2D eigenvalue weighted by Gasteiger charge is 2.36. The van der Waals surface area contributed by atoms with Crippen molar-refractivity contribution in [2.45, 2.75) is 58.7 Å². The largest absolute Gasteiger partial charge is 0.460 e. The Morgan fingerprint density at radius 2 is 2.03 bits per heavy atom. The third-order valence-corrected chi connectivity index (χ3v) is 7.18. The number of benzene rings is 1. The van der Waals surface area contributed by atoms with Crippen LogP contribution in [-0.2, 0) is 21.2 Å². The number of anilines is 2. The van der Waals surface area contributed by atoms with E-state index in [4.69, 9.17) is 4.74 Å². The molecule has 3 rings (SSSR count). The van der Waals surface area contributed by atoms with Gasteiger partial charge in [-0.1, -0.05) is 24.7 Å². The first-order valence-corrected chi connectivity index (χ1v) is 13.8. The van der Waals surface area contributed by atoms with Crippen LogP contribution in [-0.4, -0.2) is 55.7 Å². The van der Waals surface area contributed by atoms with E-state index < -0.39 is 27.9 Å². The molecule has 1 aliphatic rings. The van der Waals surface area contributed by atoms with Crippen molar-refractivity contribution in [3.8, 4) is 0 Å². The zero-order chi connectivity index (χ0) is 26.5. The standard InChI is InChI=1S/C21H27F3N6O4S2/c1-4-5-9-34-19(31)18-26-28-20(35-18)27-25-15-10-14-7-6-8-30(13(2)3)17(14)11-16(15)29-36(32,33)12-21(22,23)24/h10-11,13,29H,4-9,12H2,1-3H3. The molecule has 0 fully saturated rings. The van der Waals surface area contributed by atoms with Gasteiger partial charge in [0, 0.05) is 18.3 Å². The number of sulfonamides is 1. The number of nitrogens with zero attached hydrogens (tertiary/aromatic N) is 5. The summed E-state index contributed by atoms with van der Waals surface area (Å²) in [4.78, 5) is 14.1. The average molecular weight is 549 g/mol. The van der Waals surface area contributed by atoms with Gasteiger partial charge in [-0.2, -0.15) is 13.2 Å². The zero-order valence-electron chi connectivity index (χ0n) is 20.0. The molecule has 0 aliphatic carbocycles. The van der Waals surface area contributed by atoms with Gasteiger partial charge in [0.05, 0.1) is 12.3 Å². The van der Waals surface area contributed by atoms with E-state index in [1.165, 1.54) is 6.07 Å². The predicted octanol–water partition coefficient (Wildman–Crippen LogP) is 5.38. The van der Waals surface area contributed by atoms with E-state index in [2.05, 4.69) is 20.4 Å². The Kier molecular flexibility index (Phi) is 8.87. The number of rotatable bonds is 10. The second-order valence-corrected chi connectivity index (χ2v) is 11.1. The highest BCUT2D eigenvalue weighted by atomic mass is 32.2. The zero-order valence-corrected chi connectivity index (χ0v) is 21.6. The molecular formula is C21H27F3N6O4S2. The van der Waals surface area contributed by atoms with Gasteiger partial charge in [0.25, 0.3) is 5.13 Å². The van der Waals surface area contributed by atoms with Gasteiger partial charge in [-0.25, -0.2) is 13.2 Å². The lowest BCUT2D eigenvalue weighted by molar-refractivity contribution is -0.106. The molecule has 0 spiro atoms. The SMILES string of the molecule is CCCCOC(=O)c1nnc(N=Nc2cc3c(cc2NS(=O)(=O)CC(F)(F)F)N(C(C)C)CCC3)s1. The first-order valence-electron chi connectivity index (χ1n) is 11.3. The highest BCUT2D eigenvalue weighted by molar-refractivity contribution is 7.92. The number of esters is 1. The van der Waals surface area contributed by atoms with Crippen LogP contribution < -0.4 is 9.62 Å². The summed E-state index contributed by atoms with van der Waals surface area (Å²) in [6, 6.07) is 3.17. The minimum absolute atomic E-state index is 0.00284. The third kappa shape index (κ3) is 7.59. The average Bonchev–Trinajstić information content (AvgIpc) is 3.24. The number of aryl methyl sites for hydroxylation is 1. The van der Waals surface area contributed by atoms with Gasteiger partial charge in [-0.15, -0.1) is 20.4 Å². The van der Waals surface area contributed by atoms with E-state index in [0.29, 0.717) is 18.5 Å². The molecule has 0 bridgehead atoms. The number of ether oxygens (including phenoxy) is 1. The smallest absolute Gasteiger partial charge is 0.404 e. The number of aromatic nitrogens is 2. The number of hydrogen-bond acceptors (Lipinski definition) is 10. The summed E-state index contributed by atoms with van der Waals surface area (Å²) in [7, 11) is -4.76. The fraction of sp³-hybridized carbons (Fsp3) is 0.571. The molecule has 1 N–H and O–H groups in total. The van der Waals surface area contributed by atoms with Crippen LogP contribution in [0.25, 0.3) is 0 Å². The van der Waals surface area contributed by atoms with Crippen molar-refractivity contribution in [1.82, 2.24) is 10.2 Å². The van der Waals surface area contributed by atoms with Crippen molar-refractivity contribution in [2.24, 2.45) is 10.2 Å². The van der Waals surface area contributed by atoms with E-state index in [-0.39, 0.29) is 34.2 Å². The number of unbranched alkanes of at least 4 members (excludes halogenated alkanes) is 1. The summed E-state index contributed by atoms with van der Waals surface area (Å²) in [6.07, 6.45) is -1.82. The third-order valence-electron chi connectivity index (χ3n) is 5.16. The molecule has 0 saturated carbocycles. The fourth-order valence-electron chi connectivity index (χ4n) is 3.57. The molecule has 0 radical (unpaired) electrons. The van der Waals surface area contributed by atoms with Crippen LogP contribution in [0.3, 0.4) is 0 Å². The summed E-state index contributed by atoms with van der Waals surface area (Å²) in [5.74, 6) is -2.69. The molecule has 10 nitrogen and oxygen atoms in total. The van der Waals surface area contributed by atoms with E-state index in [1.54, 1.807) is 6.07 Å². The number of halogens is 3. The number of fused-ring (bicyclic) bond motifs is 1. The van der Waals surface area contributed by atoms with Crippen LogP contribution in [0.5, 0.6) is 0 Å². The van der Waals surface area contributed by atoms with Crippen molar-refractivity contribution in [3.63, 3.8) is 0 Å². The Hall–Kier alpha value is -2.81. The number of carbonyl (C=O) groups excluding carboxylic acids is 1. The Balaban J connectivity index is 1.93. The summed E-state index contributed by atoms with van der Waals surface area (Å²) >= 11 is 0.825. The minimum atomic E-state index is -4.92. The first kappa shape index (κ1) is 27.8. The van der Waals surface area contributed by atoms with Crippen molar-refractivity contribution < 1.29 is 31.1 Å². The number of hydrogen-bond donors (Lipinski definition) is 1. The Bertz CT molecular complexity index is 1210. The fourth-order valence-corrected chi connectivity index (χ4v) is 5.14. The number of nitrogens with one attached hydrogen (secondary N) is 1. The van der Waals surface area contributed by atoms with Crippen LogP contribution in [0.2, 0.25) is 0 Å². The van der Waals surface area contributed by atoms with Crippen LogP contribution in [0, 0.1) is 0 Å². The van der Waals surface area contributed by atoms with Crippen molar-refractivity contribution in [3.05, 3.63) is 22.7 Å². The van der Waals surface area contributed by atoms with Gasteiger partial charge < -0.3 is 9.64 Å². The summed E-state index contributed by atoms with van der Waals surface area (Å²) < 4.78 is 70.0. The Labute approximate surface area is 211 Å². The summed E-state index contributed by atoms with van der Waals surface area (Å²) in [6.45, 7) is 6.86. The van der Waals surface area contributed by atoms with Crippen molar-refractivity contribution >= 4 is 49.5 Å². The lowest BCUT2D eigenvalue weighted by Crippen LogP contribution is -2.35. The van der Waals surface area contributed by atoms with Gasteiger partial charge in [-0.3, -0.25) is 4.72 Å². The van der Waals surface area contributed by atoms with E-state index in [0.717, 1.165) is 36.3 Å². The van der Waals surface area contributed by atoms with E-state index in [9.17, 15) is 26.4 Å². The molecule has 0 amide bonds. The molecule has 2 heterocycles. The molecule has 198 valence electrons. The molecule has 0 unspecified atom stereocenters. The number of alkyl halides is 3. The van der Waals surface area contributed by atoms with Crippen LogP contribution >= 0.6 is 11.3 Å². The van der Waals surface area contributed by atoms with E-state index >= 15 is 0 Å². The second-order valence-electron chi connectivity index (χ2n) is 8.44. The van der Waals surface area contributed by atoms with Gasteiger partial charge in [0.15, 0.2) is 5.75 Å². The highest BCUT2D eigenvalue weighted by Crippen LogP contribution is 2.39. The lowest BCUT2D eigenvalue weighted by atomic mass is 9.99. The normalized spacial score (nSPS) is 14.4. The predicted molar refractivity (Wildman–Crippen MR) is 130 cm³/mol. The first-order chi connectivity index (χ1) is 16.9. The van der Waals surface area contributed by atoms with Crippen molar-refractivity contribution in [1.29, 1.82) is 0 Å². The maximum absolute atomic E-state index is 12.8.